The lowest BCUT2D eigenvalue weighted by Gasteiger charge is -2.36. The Balaban J connectivity index is 1.28. The Kier molecular flexibility index (Phi) is 5.65. The van der Waals surface area contributed by atoms with E-state index in [0.717, 1.165) is 42.3 Å². The molecule has 2 aromatic carbocycles. The van der Waals surface area contributed by atoms with Gasteiger partial charge in [0, 0.05) is 56.5 Å². The number of amides is 2. The van der Waals surface area contributed by atoms with Gasteiger partial charge in [0.15, 0.2) is 0 Å². The van der Waals surface area contributed by atoms with Crippen LogP contribution in [0.15, 0.2) is 67.3 Å². The van der Waals surface area contributed by atoms with E-state index >= 15 is 0 Å². The number of nitrogens with zero attached hydrogens (tertiary/aromatic N) is 4. The fourth-order valence-corrected chi connectivity index (χ4v) is 3.45. The summed E-state index contributed by atoms with van der Waals surface area (Å²) in [6, 6.07) is 15.9. The summed E-state index contributed by atoms with van der Waals surface area (Å²) in [6.07, 6.45) is 5.49. The molecule has 0 spiro atoms. The second-order valence-corrected chi connectivity index (χ2v) is 7.03. The lowest BCUT2D eigenvalue weighted by atomic mass is 10.2. The van der Waals surface area contributed by atoms with E-state index in [4.69, 9.17) is 4.74 Å². The molecule has 0 bridgehead atoms. The Hall–Kier alpha value is -3.48. The number of benzene rings is 2. The molecule has 1 fully saturated rings. The number of anilines is 2. The van der Waals surface area contributed by atoms with Crippen molar-refractivity contribution in [1.29, 1.82) is 0 Å². The topological polar surface area (TPSA) is 62.6 Å². The Bertz CT molecular complexity index is 915. The molecule has 1 aromatic heterocycles. The molecule has 0 unspecified atom stereocenters. The number of urea groups is 1. The van der Waals surface area contributed by atoms with Gasteiger partial charge in [0.05, 0.1) is 13.4 Å². The lowest BCUT2D eigenvalue weighted by molar-refractivity contribution is 0.208. The van der Waals surface area contributed by atoms with Crippen molar-refractivity contribution in [3.8, 4) is 5.75 Å². The van der Waals surface area contributed by atoms with Gasteiger partial charge in [-0.1, -0.05) is 12.1 Å². The zero-order chi connectivity index (χ0) is 20.1. The van der Waals surface area contributed by atoms with E-state index in [9.17, 15) is 4.79 Å². The number of hydrogen-bond donors (Lipinski definition) is 1. The third-order valence-corrected chi connectivity index (χ3v) is 5.13. The van der Waals surface area contributed by atoms with E-state index in [1.807, 2.05) is 52.1 Å². The smallest absolute Gasteiger partial charge is 0.321 e. The number of aromatic nitrogens is 2. The number of carbonyl (C=O) groups excluding carboxylic acids is 1. The number of carbonyl (C=O) groups is 1. The molecule has 150 valence electrons. The summed E-state index contributed by atoms with van der Waals surface area (Å²) in [5.74, 6) is 0.850. The minimum Gasteiger partial charge on any atom is -0.497 e. The van der Waals surface area contributed by atoms with Crippen molar-refractivity contribution >= 4 is 17.4 Å². The maximum absolute atomic E-state index is 12.6. The Morgan fingerprint density at radius 2 is 1.76 bits per heavy atom. The number of imidazole rings is 1. The SMILES string of the molecule is COc1ccc(N2CCN(C(=O)Nc3ccc(Cn4ccnc4)cc3)CC2)cc1. The molecule has 0 atom stereocenters. The monoisotopic (exact) mass is 391 g/mol. The van der Waals surface area contributed by atoms with Crippen LogP contribution in [0.5, 0.6) is 5.75 Å². The summed E-state index contributed by atoms with van der Waals surface area (Å²) in [5, 5.41) is 3.00. The number of rotatable bonds is 5. The molecule has 2 amide bonds. The van der Waals surface area contributed by atoms with Gasteiger partial charge in [-0.25, -0.2) is 9.78 Å². The Morgan fingerprint density at radius 3 is 2.38 bits per heavy atom. The van der Waals surface area contributed by atoms with Crippen LogP contribution in [-0.2, 0) is 6.54 Å². The molecule has 1 saturated heterocycles. The quantitative estimate of drug-likeness (QED) is 0.725. The minimum atomic E-state index is -0.0539. The molecule has 7 nitrogen and oxygen atoms in total. The first-order chi connectivity index (χ1) is 14.2. The fourth-order valence-electron chi connectivity index (χ4n) is 3.45. The highest BCUT2D eigenvalue weighted by Crippen LogP contribution is 2.21. The van der Waals surface area contributed by atoms with Gasteiger partial charge in [0.25, 0.3) is 0 Å². The summed E-state index contributed by atoms with van der Waals surface area (Å²) in [6.45, 7) is 3.77. The van der Waals surface area contributed by atoms with Crippen molar-refractivity contribution < 1.29 is 9.53 Å². The van der Waals surface area contributed by atoms with Crippen molar-refractivity contribution in [2.75, 3.05) is 43.5 Å². The van der Waals surface area contributed by atoms with E-state index in [0.29, 0.717) is 13.1 Å². The highest BCUT2D eigenvalue weighted by molar-refractivity contribution is 5.89. The maximum atomic E-state index is 12.6. The molecule has 1 N–H and O–H groups in total. The second-order valence-electron chi connectivity index (χ2n) is 7.03. The van der Waals surface area contributed by atoms with Crippen molar-refractivity contribution in [3.63, 3.8) is 0 Å². The van der Waals surface area contributed by atoms with Crippen LogP contribution >= 0.6 is 0 Å². The van der Waals surface area contributed by atoms with E-state index in [1.54, 1.807) is 19.6 Å². The first-order valence-corrected chi connectivity index (χ1v) is 9.71. The molecule has 3 aromatic rings. The van der Waals surface area contributed by atoms with Crippen LogP contribution in [-0.4, -0.2) is 53.8 Å². The number of piperazine rings is 1. The average Bonchev–Trinajstić information content (AvgIpc) is 3.28. The molecule has 2 heterocycles. The van der Waals surface area contributed by atoms with Crippen LogP contribution in [0, 0.1) is 0 Å². The number of nitrogens with one attached hydrogen (secondary N) is 1. The largest absolute Gasteiger partial charge is 0.497 e. The lowest BCUT2D eigenvalue weighted by Crippen LogP contribution is -2.50. The summed E-state index contributed by atoms with van der Waals surface area (Å²) < 4.78 is 7.22. The standard InChI is InChI=1S/C22H25N5O2/c1-29-21-8-6-20(7-9-21)26-12-14-27(15-13-26)22(28)24-19-4-2-18(3-5-19)16-25-11-10-23-17-25/h2-11,17H,12-16H2,1H3,(H,24,28). The molecular weight excluding hydrogens is 366 g/mol. The van der Waals surface area contributed by atoms with Gasteiger partial charge in [0.2, 0.25) is 0 Å². The first-order valence-electron chi connectivity index (χ1n) is 9.71. The Morgan fingerprint density at radius 1 is 1.03 bits per heavy atom. The van der Waals surface area contributed by atoms with E-state index < -0.39 is 0 Å². The van der Waals surface area contributed by atoms with Crippen LogP contribution in [0.25, 0.3) is 0 Å². The molecule has 0 saturated carbocycles. The third kappa shape index (κ3) is 4.68. The first kappa shape index (κ1) is 18.9. The normalized spacial score (nSPS) is 14.0. The van der Waals surface area contributed by atoms with Gasteiger partial charge in [0.1, 0.15) is 5.75 Å². The van der Waals surface area contributed by atoms with E-state index in [-0.39, 0.29) is 6.03 Å². The third-order valence-electron chi connectivity index (χ3n) is 5.13. The van der Waals surface area contributed by atoms with Gasteiger partial charge in [-0.3, -0.25) is 0 Å². The molecule has 1 aliphatic rings. The molecule has 29 heavy (non-hydrogen) atoms. The molecule has 7 heteroatoms. The minimum absolute atomic E-state index is 0.0539. The Labute approximate surface area is 170 Å². The summed E-state index contributed by atoms with van der Waals surface area (Å²) >= 11 is 0. The molecule has 4 rings (SSSR count). The van der Waals surface area contributed by atoms with Crippen LogP contribution in [0.1, 0.15) is 5.56 Å². The predicted octanol–water partition coefficient (Wildman–Crippen LogP) is 3.29. The molecule has 1 aliphatic heterocycles. The molecule has 0 aliphatic carbocycles. The van der Waals surface area contributed by atoms with E-state index in [1.165, 1.54) is 0 Å². The van der Waals surface area contributed by atoms with Crippen molar-refractivity contribution in [2.45, 2.75) is 6.54 Å². The van der Waals surface area contributed by atoms with Gasteiger partial charge in [-0.2, -0.15) is 0 Å². The maximum Gasteiger partial charge on any atom is 0.321 e. The number of methoxy groups -OCH3 is 1. The zero-order valence-corrected chi connectivity index (χ0v) is 16.5. The molecular formula is C22H25N5O2. The predicted molar refractivity (Wildman–Crippen MR) is 114 cm³/mol. The van der Waals surface area contributed by atoms with Gasteiger partial charge < -0.3 is 24.4 Å². The van der Waals surface area contributed by atoms with Crippen LogP contribution in [0.4, 0.5) is 16.2 Å². The number of hydrogen-bond acceptors (Lipinski definition) is 4. The second kappa shape index (κ2) is 8.68. The van der Waals surface area contributed by atoms with Gasteiger partial charge in [-0.05, 0) is 42.0 Å². The fraction of sp³-hybridized carbons (Fsp3) is 0.273. The van der Waals surface area contributed by atoms with Gasteiger partial charge in [-0.15, -0.1) is 0 Å². The van der Waals surface area contributed by atoms with Crippen LogP contribution in [0.3, 0.4) is 0 Å². The summed E-state index contributed by atoms with van der Waals surface area (Å²) in [5.41, 5.74) is 3.12. The zero-order valence-electron chi connectivity index (χ0n) is 16.5. The van der Waals surface area contributed by atoms with Gasteiger partial charge >= 0.3 is 6.03 Å². The van der Waals surface area contributed by atoms with Crippen LogP contribution < -0.4 is 15.0 Å². The van der Waals surface area contributed by atoms with Crippen molar-refractivity contribution in [2.24, 2.45) is 0 Å². The highest BCUT2D eigenvalue weighted by Gasteiger charge is 2.21. The molecule has 0 radical (unpaired) electrons. The summed E-state index contributed by atoms with van der Waals surface area (Å²) in [7, 11) is 1.67. The van der Waals surface area contributed by atoms with E-state index in [2.05, 4.69) is 27.3 Å². The van der Waals surface area contributed by atoms with Crippen LogP contribution in [0.2, 0.25) is 0 Å². The highest BCUT2D eigenvalue weighted by atomic mass is 16.5. The average molecular weight is 391 g/mol. The van der Waals surface area contributed by atoms with Crippen molar-refractivity contribution in [1.82, 2.24) is 14.5 Å². The van der Waals surface area contributed by atoms with Crippen molar-refractivity contribution in [3.05, 3.63) is 72.8 Å². The summed E-state index contributed by atoms with van der Waals surface area (Å²) in [4.78, 5) is 20.8. The number of ether oxygens (including phenoxy) is 1.